The minimum atomic E-state index is -0.721. The van der Waals surface area contributed by atoms with Crippen LogP contribution < -0.4 is 11.1 Å². The highest BCUT2D eigenvalue weighted by Crippen LogP contribution is 2.31. The summed E-state index contributed by atoms with van der Waals surface area (Å²) in [5, 5.41) is 3.35. The second kappa shape index (κ2) is 11.4. The fourth-order valence-electron chi connectivity index (χ4n) is 4.05. The molecular formula is C28H27FN4O2. The van der Waals surface area contributed by atoms with Crippen molar-refractivity contribution in [3.8, 4) is 11.3 Å². The van der Waals surface area contributed by atoms with Gasteiger partial charge in [0.25, 0.3) is 0 Å². The van der Waals surface area contributed by atoms with Crippen molar-refractivity contribution in [2.45, 2.75) is 18.9 Å². The number of halogens is 1. The Hall–Kier alpha value is -4.10. The number of pyridine rings is 2. The number of benzene rings is 2. The van der Waals surface area contributed by atoms with E-state index in [0.29, 0.717) is 36.5 Å². The first-order chi connectivity index (χ1) is 17.0. The minimum absolute atomic E-state index is 0.273. The van der Waals surface area contributed by atoms with E-state index in [1.807, 2.05) is 48.5 Å². The maximum Gasteiger partial charge on any atom is 0.229 e. The molecule has 1 amide bonds. The lowest BCUT2D eigenvalue weighted by Crippen LogP contribution is -2.24. The Morgan fingerprint density at radius 3 is 2.63 bits per heavy atom. The highest BCUT2D eigenvalue weighted by atomic mass is 19.1. The Kier molecular flexibility index (Phi) is 7.80. The number of methoxy groups -OCH3 is 1. The van der Waals surface area contributed by atoms with Crippen molar-refractivity contribution in [2.75, 3.05) is 19.0 Å². The molecule has 0 aliphatic carbocycles. The molecule has 3 N–H and O–H groups in total. The number of anilines is 1. The third kappa shape index (κ3) is 6.07. The predicted molar refractivity (Wildman–Crippen MR) is 134 cm³/mol. The number of carbonyl (C=O) groups is 1. The SMILES string of the molecule is COCc1cccc(-c2ccc(C(C(N)=O)c3cccnc3)c(NCCc3cccc(F)c3)n2)c1. The standard InChI is InChI=1S/C28H27FN4O2/c1-35-18-20-6-2-7-21(15-20)25-11-10-24(26(27(30)34)22-8-4-13-31-17-22)28(33-25)32-14-12-19-5-3-9-23(29)16-19/h2-11,13,15-17,26H,12,14,18H2,1H3,(H2,30,34)(H,32,33). The van der Waals surface area contributed by atoms with Gasteiger partial charge in [-0.2, -0.15) is 0 Å². The molecule has 2 aromatic carbocycles. The van der Waals surface area contributed by atoms with Crippen molar-refractivity contribution in [3.05, 3.63) is 113 Å². The Balaban J connectivity index is 1.70. The summed E-state index contributed by atoms with van der Waals surface area (Å²) in [5.74, 6) is -0.946. The number of rotatable bonds is 10. The lowest BCUT2D eigenvalue weighted by Gasteiger charge is -2.19. The van der Waals surface area contributed by atoms with Crippen LogP contribution in [0.25, 0.3) is 11.3 Å². The summed E-state index contributed by atoms with van der Waals surface area (Å²) < 4.78 is 18.8. The molecule has 0 aliphatic heterocycles. The zero-order chi connectivity index (χ0) is 24.6. The number of carbonyl (C=O) groups excluding carboxylic acids is 1. The monoisotopic (exact) mass is 470 g/mol. The van der Waals surface area contributed by atoms with Gasteiger partial charge in [0.15, 0.2) is 0 Å². The van der Waals surface area contributed by atoms with E-state index in [0.717, 1.165) is 22.4 Å². The maximum atomic E-state index is 13.6. The van der Waals surface area contributed by atoms with Gasteiger partial charge in [-0.1, -0.05) is 42.5 Å². The molecule has 35 heavy (non-hydrogen) atoms. The lowest BCUT2D eigenvalue weighted by atomic mass is 9.91. The van der Waals surface area contributed by atoms with Crippen LogP contribution in [0.5, 0.6) is 0 Å². The number of amides is 1. The number of primary amides is 1. The summed E-state index contributed by atoms with van der Waals surface area (Å²) in [6.07, 6.45) is 3.86. The molecular weight excluding hydrogens is 443 g/mol. The highest BCUT2D eigenvalue weighted by molar-refractivity contribution is 5.87. The first kappa shape index (κ1) is 24.0. The maximum absolute atomic E-state index is 13.6. The number of nitrogens with zero attached hydrogens (tertiary/aromatic N) is 2. The number of ether oxygens (including phenoxy) is 1. The van der Waals surface area contributed by atoms with Gasteiger partial charge < -0.3 is 15.8 Å². The zero-order valence-electron chi connectivity index (χ0n) is 19.4. The molecule has 2 heterocycles. The Labute approximate surface area is 204 Å². The molecule has 0 radical (unpaired) electrons. The van der Waals surface area contributed by atoms with Crippen LogP contribution in [0.3, 0.4) is 0 Å². The molecule has 6 nitrogen and oxygen atoms in total. The molecule has 0 saturated carbocycles. The molecule has 2 aromatic heterocycles. The van der Waals surface area contributed by atoms with Crippen molar-refractivity contribution in [1.29, 1.82) is 0 Å². The van der Waals surface area contributed by atoms with E-state index < -0.39 is 11.8 Å². The van der Waals surface area contributed by atoms with E-state index in [1.54, 1.807) is 31.6 Å². The van der Waals surface area contributed by atoms with Crippen LogP contribution in [-0.4, -0.2) is 29.5 Å². The third-order valence-corrected chi connectivity index (χ3v) is 5.67. The summed E-state index contributed by atoms with van der Waals surface area (Å²) in [6, 6.07) is 21.8. The van der Waals surface area contributed by atoms with Crippen LogP contribution >= 0.6 is 0 Å². The first-order valence-corrected chi connectivity index (χ1v) is 11.3. The highest BCUT2D eigenvalue weighted by Gasteiger charge is 2.24. The average Bonchev–Trinajstić information content (AvgIpc) is 2.86. The molecule has 0 saturated heterocycles. The molecule has 0 bridgehead atoms. The zero-order valence-corrected chi connectivity index (χ0v) is 19.4. The average molecular weight is 471 g/mol. The van der Waals surface area contributed by atoms with Gasteiger partial charge in [-0.05, 0) is 53.4 Å². The summed E-state index contributed by atoms with van der Waals surface area (Å²) in [5.41, 5.74) is 10.7. The largest absolute Gasteiger partial charge is 0.380 e. The van der Waals surface area contributed by atoms with Gasteiger partial charge in [-0.3, -0.25) is 9.78 Å². The van der Waals surface area contributed by atoms with Crippen LogP contribution in [0.2, 0.25) is 0 Å². The number of hydrogen-bond donors (Lipinski definition) is 2. The molecule has 178 valence electrons. The molecule has 7 heteroatoms. The molecule has 1 atom stereocenters. The smallest absolute Gasteiger partial charge is 0.229 e. The van der Waals surface area contributed by atoms with Crippen LogP contribution in [0, 0.1) is 5.82 Å². The van der Waals surface area contributed by atoms with E-state index in [2.05, 4.69) is 10.3 Å². The van der Waals surface area contributed by atoms with Crippen molar-refractivity contribution in [1.82, 2.24) is 9.97 Å². The predicted octanol–water partition coefficient (Wildman–Crippen LogP) is 4.70. The first-order valence-electron chi connectivity index (χ1n) is 11.3. The van der Waals surface area contributed by atoms with Crippen molar-refractivity contribution < 1.29 is 13.9 Å². The summed E-state index contributed by atoms with van der Waals surface area (Å²) >= 11 is 0. The number of nitrogens with two attached hydrogens (primary N) is 1. The summed E-state index contributed by atoms with van der Waals surface area (Å²) in [7, 11) is 1.66. The second-order valence-corrected chi connectivity index (χ2v) is 8.20. The van der Waals surface area contributed by atoms with Crippen LogP contribution in [0.1, 0.15) is 28.2 Å². The third-order valence-electron chi connectivity index (χ3n) is 5.67. The lowest BCUT2D eigenvalue weighted by molar-refractivity contribution is -0.118. The topological polar surface area (TPSA) is 90.1 Å². The van der Waals surface area contributed by atoms with Gasteiger partial charge >= 0.3 is 0 Å². The Morgan fingerprint density at radius 1 is 1.06 bits per heavy atom. The molecule has 4 rings (SSSR count). The number of hydrogen-bond acceptors (Lipinski definition) is 5. The van der Waals surface area contributed by atoms with E-state index in [9.17, 15) is 9.18 Å². The van der Waals surface area contributed by atoms with Crippen molar-refractivity contribution in [3.63, 3.8) is 0 Å². The Morgan fingerprint density at radius 2 is 1.89 bits per heavy atom. The molecule has 0 aliphatic rings. The van der Waals surface area contributed by atoms with E-state index in [-0.39, 0.29) is 5.82 Å². The molecule has 1 unspecified atom stereocenters. The summed E-state index contributed by atoms with van der Waals surface area (Å²) in [6.45, 7) is 0.991. The van der Waals surface area contributed by atoms with Gasteiger partial charge in [0.1, 0.15) is 11.6 Å². The molecule has 4 aromatic rings. The summed E-state index contributed by atoms with van der Waals surface area (Å²) in [4.78, 5) is 21.6. The van der Waals surface area contributed by atoms with E-state index >= 15 is 0 Å². The molecule has 0 fully saturated rings. The fraction of sp³-hybridized carbons (Fsp3) is 0.179. The second-order valence-electron chi connectivity index (χ2n) is 8.20. The van der Waals surface area contributed by atoms with Gasteiger partial charge in [0, 0.05) is 37.2 Å². The van der Waals surface area contributed by atoms with Gasteiger partial charge in [-0.15, -0.1) is 0 Å². The van der Waals surface area contributed by atoms with Gasteiger partial charge in [0.2, 0.25) is 5.91 Å². The van der Waals surface area contributed by atoms with Crippen LogP contribution in [-0.2, 0) is 22.6 Å². The number of nitrogens with one attached hydrogen (secondary N) is 1. The van der Waals surface area contributed by atoms with Gasteiger partial charge in [0.05, 0.1) is 18.2 Å². The van der Waals surface area contributed by atoms with E-state index in [4.69, 9.17) is 15.5 Å². The Bertz CT molecular complexity index is 1300. The van der Waals surface area contributed by atoms with Gasteiger partial charge in [-0.25, -0.2) is 9.37 Å². The van der Waals surface area contributed by atoms with Crippen molar-refractivity contribution in [2.24, 2.45) is 5.73 Å². The van der Waals surface area contributed by atoms with Crippen LogP contribution in [0.15, 0.2) is 85.2 Å². The fourth-order valence-corrected chi connectivity index (χ4v) is 4.05. The molecule has 0 spiro atoms. The van der Waals surface area contributed by atoms with E-state index in [1.165, 1.54) is 12.1 Å². The van der Waals surface area contributed by atoms with Crippen molar-refractivity contribution >= 4 is 11.7 Å². The normalized spacial score (nSPS) is 11.7. The number of aromatic nitrogens is 2. The minimum Gasteiger partial charge on any atom is -0.380 e. The van der Waals surface area contributed by atoms with Crippen LogP contribution in [0.4, 0.5) is 10.2 Å². The quantitative estimate of drug-likeness (QED) is 0.351.